The number of amides is 1. The van der Waals surface area contributed by atoms with Crippen LogP contribution < -0.4 is 10.1 Å². The van der Waals surface area contributed by atoms with Crippen LogP contribution in [0.25, 0.3) is 11.4 Å². The maximum Gasteiger partial charge on any atom is 0.258 e. The number of nitrogens with zero attached hydrogens (tertiary/aromatic N) is 2. The van der Waals surface area contributed by atoms with E-state index in [-0.39, 0.29) is 18.6 Å². The molecule has 1 aromatic carbocycles. The van der Waals surface area contributed by atoms with E-state index >= 15 is 0 Å². The monoisotopic (exact) mass is 289 g/mol. The molecule has 0 saturated heterocycles. The van der Waals surface area contributed by atoms with Crippen molar-refractivity contribution in [3.63, 3.8) is 0 Å². The molecule has 0 aliphatic carbocycles. The van der Waals surface area contributed by atoms with E-state index in [0.29, 0.717) is 17.5 Å². The Hall–Kier alpha value is -2.37. The lowest BCUT2D eigenvalue weighted by Gasteiger charge is -2.12. The quantitative estimate of drug-likeness (QED) is 0.883. The molecule has 2 aromatic rings. The van der Waals surface area contributed by atoms with Crippen LogP contribution in [0.3, 0.4) is 0 Å². The highest BCUT2D eigenvalue weighted by Gasteiger charge is 2.08. The average Bonchev–Trinajstić information content (AvgIpc) is 2.92. The maximum atomic E-state index is 11.6. The van der Waals surface area contributed by atoms with Gasteiger partial charge in [0.2, 0.25) is 11.7 Å². The number of benzene rings is 1. The van der Waals surface area contributed by atoms with Gasteiger partial charge < -0.3 is 14.6 Å². The molecule has 1 atom stereocenters. The minimum absolute atomic E-state index is 0.00497. The first-order chi connectivity index (χ1) is 10.1. The number of carbonyl (C=O) groups excluding carboxylic acids is 1. The van der Waals surface area contributed by atoms with E-state index in [1.807, 2.05) is 26.0 Å². The van der Waals surface area contributed by atoms with Crippen LogP contribution in [0.1, 0.15) is 26.2 Å². The molecule has 1 amide bonds. The summed E-state index contributed by atoms with van der Waals surface area (Å²) < 4.78 is 10.4. The molecule has 0 radical (unpaired) electrons. The van der Waals surface area contributed by atoms with Crippen LogP contribution in [0.4, 0.5) is 0 Å². The number of hydrogen-bond donors (Lipinski definition) is 1. The molecule has 0 unspecified atom stereocenters. The van der Waals surface area contributed by atoms with Crippen molar-refractivity contribution in [1.29, 1.82) is 0 Å². The van der Waals surface area contributed by atoms with Crippen molar-refractivity contribution in [2.75, 3.05) is 6.61 Å². The van der Waals surface area contributed by atoms with Gasteiger partial charge in [0.1, 0.15) is 5.75 Å². The average molecular weight is 289 g/mol. The first kappa shape index (κ1) is 15.0. The fraction of sp³-hybridized carbons (Fsp3) is 0.400. The zero-order valence-electron chi connectivity index (χ0n) is 12.4. The SMILES string of the molecule is CC[C@H](C)NC(=O)COc1ccc(-c2noc(C)n2)cc1. The van der Waals surface area contributed by atoms with Gasteiger partial charge in [0.15, 0.2) is 6.61 Å². The molecule has 0 aliphatic heterocycles. The van der Waals surface area contributed by atoms with Crippen LogP contribution >= 0.6 is 0 Å². The first-order valence-corrected chi connectivity index (χ1v) is 6.91. The van der Waals surface area contributed by atoms with E-state index in [1.54, 1.807) is 19.1 Å². The minimum Gasteiger partial charge on any atom is -0.484 e. The summed E-state index contributed by atoms with van der Waals surface area (Å²) in [5.74, 6) is 1.56. The zero-order chi connectivity index (χ0) is 15.2. The zero-order valence-corrected chi connectivity index (χ0v) is 12.4. The van der Waals surface area contributed by atoms with Crippen LogP contribution in [-0.4, -0.2) is 28.7 Å². The molecule has 0 saturated carbocycles. The second-order valence-electron chi connectivity index (χ2n) is 4.83. The Morgan fingerprint density at radius 1 is 1.38 bits per heavy atom. The number of aromatic nitrogens is 2. The molecule has 112 valence electrons. The highest BCUT2D eigenvalue weighted by Crippen LogP contribution is 2.19. The highest BCUT2D eigenvalue weighted by molar-refractivity contribution is 5.77. The van der Waals surface area contributed by atoms with Crippen molar-refractivity contribution < 1.29 is 14.1 Å². The third-order valence-corrected chi connectivity index (χ3v) is 3.03. The molecular formula is C15H19N3O3. The van der Waals surface area contributed by atoms with E-state index in [2.05, 4.69) is 15.5 Å². The predicted molar refractivity (Wildman–Crippen MR) is 77.9 cm³/mol. The molecule has 6 heteroatoms. The summed E-state index contributed by atoms with van der Waals surface area (Å²) in [6.07, 6.45) is 0.893. The molecule has 1 aromatic heterocycles. The summed E-state index contributed by atoms with van der Waals surface area (Å²) in [5.41, 5.74) is 0.836. The Morgan fingerprint density at radius 2 is 2.10 bits per heavy atom. The van der Waals surface area contributed by atoms with Crippen LogP contribution in [0, 0.1) is 6.92 Å². The fourth-order valence-electron chi connectivity index (χ4n) is 1.68. The number of aryl methyl sites for hydroxylation is 1. The van der Waals surface area contributed by atoms with E-state index in [0.717, 1.165) is 12.0 Å². The minimum atomic E-state index is -0.123. The Kier molecular flexibility index (Phi) is 4.92. The molecule has 0 fully saturated rings. The topological polar surface area (TPSA) is 77.2 Å². The molecule has 1 heterocycles. The number of ether oxygens (including phenoxy) is 1. The van der Waals surface area contributed by atoms with Gasteiger partial charge in [-0.05, 0) is 37.6 Å². The van der Waals surface area contributed by atoms with E-state index in [9.17, 15) is 4.79 Å². The summed E-state index contributed by atoms with van der Waals surface area (Å²) in [6.45, 7) is 5.72. The van der Waals surface area contributed by atoms with Crippen molar-refractivity contribution in [1.82, 2.24) is 15.5 Å². The Labute approximate surface area is 123 Å². The third kappa shape index (κ3) is 4.30. The molecule has 0 spiro atoms. The number of nitrogens with one attached hydrogen (secondary N) is 1. The Bertz CT molecular complexity index is 592. The van der Waals surface area contributed by atoms with Crippen molar-refractivity contribution >= 4 is 5.91 Å². The molecule has 2 rings (SSSR count). The lowest BCUT2D eigenvalue weighted by Crippen LogP contribution is -2.35. The van der Waals surface area contributed by atoms with Gasteiger partial charge in [0.05, 0.1) is 0 Å². The van der Waals surface area contributed by atoms with Crippen LogP contribution in [-0.2, 0) is 4.79 Å². The van der Waals surface area contributed by atoms with Crippen molar-refractivity contribution in [3.05, 3.63) is 30.2 Å². The second kappa shape index (κ2) is 6.88. The van der Waals surface area contributed by atoms with Crippen LogP contribution in [0.15, 0.2) is 28.8 Å². The predicted octanol–water partition coefficient (Wildman–Crippen LogP) is 2.34. The fourth-order valence-corrected chi connectivity index (χ4v) is 1.68. The summed E-state index contributed by atoms with van der Waals surface area (Å²) in [5, 5.41) is 6.68. The van der Waals surface area contributed by atoms with E-state index in [4.69, 9.17) is 9.26 Å². The van der Waals surface area contributed by atoms with Crippen molar-refractivity contribution in [3.8, 4) is 17.1 Å². The molecule has 0 bridgehead atoms. The summed E-state index contributed by atoms with van der Waals surface area (Å²) in [4.78, 5) is 15.8. The van der Waals surface area contributed by atoms with Gasteiger partial charge in [-0.15, -0.1) is 0 Å². The van der Waals surface area contributed by atoms with Gasteiger partial charge >= 0.3 is 0 Å². The molecule has 6 nitrogen and oxygen atoms in total. The standard InChI is InChI=1S/C15H19N3O3/c1-4-10(2)16-14(19)9-20-13-7-5-12(6-8-13)15-17-11(3)21-18-15/h5-8,10H,4,9H2,1-3H3,(H,16,19)/t10-/m0/s1. The lowest BCUT2D eigenvalue weighted by atomic mass is 10.2. The number of rotatable bonds is 6. The van der Waals surface area contributed by atoms with E-state index < -0.39 is 0 Å². The van der Waals surface area contributed by atoms with Crippen LogP contribution in [0.2, 0.25) is 0 Å². The first-order valence-electron chi connectivity index (χ1n) is 6.91. The highest BCUT2D eigenvalue weighted by atomic mass is 16.5. The maximum absolute atomic E-state index is 11.6. The molecule has 0 aliphatic rings. The van der Waals surface area contributed by atoms with Crippen molar-refractivity contribution in [2.45, 2.75) is 33.2 Å². The largest absolute Gasteiger partial charge is 0.484 e. The Balaban J connectivity index is 1.89. The van der Waals surface area contributed by atoms with Gasteiger partial charge in [-0.25, -0.2) is 0 Å². The summed E-state index contributed by atoms with van der Waals surface area (Å²) in [6, 6.07) is 7.36. The van der Waals surface area contributed by atoms with Gasteiger partial charge in [0, 0.05) is 18.5 Å². The molecular weight excluding hydrogens is 270 g/mol. The van der Waals surface area contributed by atoms with Gasteiger partial charge in [0.25, 0.3) is 5.91 Å². The van der Waals surface area contributed by atoms with Crippen LogP contribution in [0.5, 0.6) is 5.75 Å². The van der Waals surface area contributed by atoms with Crippen molar-refractivity contribution in [2.24, 2.45) is 0 Å². The number of hydrogen-bond acceptors (Lipinski definition) is 5. The summed E-state index contributed by atoms with van der Waals surface area (Å²) >= 11 is 0. The molecule has 1 N–H and O–H groups in total. The normalized spacial score (nSPS) is 12.0. The smallest absolute Gasteiger partial charge is 0.258 e. The molecule has 21 heavy (non-hydrogen) atoms. The summed E-state index contributed by atoms with van der Waals surface area (Å²) in [7, 11) is 0. The van der Waals surface area contributed by atoms with Gasteiger partial charge in [-0.3, -0.25) is 4.79 Å². The second-order valence-corrected chi connectivity index (χ2v) is 4.83. The number of carbonyl (C=O) groups is 1. The Morgan fingerprint density at radius 3 is 2.67 bits per heavy atom. The van der Waals surface area contributed by atoms with Gasteiger partial charge in [-0.2, -0.15) is 4.98 Å². The van der Waals surface area contributed by atoms with E-state index in [1.165, 1.54) is 0 Å². The van der Waals surface area contributed by atoms with Gasteiger partial charge in [-0.1, -0.05) is 12.1 Å². The lowest BCUT2D eigenvalue weighted by molar-refractivity contribution is -0.123. The third-order valence-electron chi connectivity index (χ3n) is 3.03.